The lowest BCUT2D eigenvalue weighted by atomic mass is 10.0. The molecule has 6 aromatic heterocycles. The van der Waals surface area contributed by atoms with Gasteiger partial charge in [-0.3, -0.25) is 38.9 Å². The fourth-order valence-corrected chi connectivity index (χ4v) is 6.49. The van der Waals surface area contributed by atoms with Crippen molar-refractivity contribution in [1.29, 1.82) is 0 Å². The number of esters is 2. The van der Waals surface area contributed by atoms with Gasteiger partial charge in [-0.05, 0) is 122 Å². The van der Waals surface area contributed by atoms with E-state index in [1.54, 1.807) is 40.3 Å². The van der Waals surface area contributed by atoms with Crippen molar-refractivity contribution in [2.24, 2.45) is 0 Å². The van der Waals surface area contributed by atoms with Gasteiger partial charge in [0.25, 0.3) is 0 Å². The molecular formula is C48H44N8O6. The maximum atomic E-state index is 11.9. The lowest BCUT2D eigenvalue weighted by molar-refractivity contribution is -0.142. The van der Waals surface area contributed by atoms with E-state index in [4.69, 9.17) is 18.9 Å². The van der Waals surface area contributed by atoms with Crippen molar-refractivity contribution in [2.75, 3.05) is 14.2 Å². The summed E-state index contributed by atoms with van der Waals surface area (Å²) in [5, 5.41) is 9.04. The molecule has 8 aromatic rings. The standard InChI is InChI=1S/2C24H22N4O3/c1-17-4-3-5-20(26-17)16-31-21-8-6-19(7-9-21)24-22(18-10-12-25-13-11-18)14-28(27-24)15-23(29)30-2;1-17-4-3-5-20(27-17)16-31-21-8-6-19(7-9-21)24-22(18-10-12-25-13-11-18)14-26-28(24)15-23(29)30-2/h2*3-14H,15-16H2,1-2H3. The Labute approximate surface area is 358 Å². The zero-order valence-electron chi connectivity index (χ0n) is 34.7. The van der Waals surface area contributed by atoms with Gasteiger partial charge in [0.05, 0.1) is 37.5 Å². The Bertz CT molecular complexity index is 2680. The molecule has 14 nitrogen and oxygen atoms in total. The van der Waals surface area contributed by atoms with E-state index in [1.807, 2.05) is 129 Å². The van der Waals surface area contributed by atoms with E-state index in [-0.39, 0.29) is 25.0 Å². The number of pyridine rings is 4. The summed E-state index contributed by atoms with van der Waals surface area (Å²) in [5.41, 5.74) is 10.8. The van der Waals surface area contributed by atoms with E-state index in [0.29, 0.717) is 13.2 Å². The first-order valence-corrected chi connectivity index (χ1v) is 19.7. The number of methoxy groups -OCH3 is 2. The zero-order chi connectivity index (χ0) is 43.3. The van der Waals surface area contributed by atoms with Gasteiger partial charge in [-0.15, -0.1) is 0 Å². The van der Waals surface area contributed by atoms with Crippen LogP contribution < -0.4 is 9.47 Å². The first-order valence-electron chi connectivity index (χ1n) is 19.7. The number of ether oxygens (including phenoxy) is 4. The third kappa shape index (κ3) is 11.0. The van der Waals surface area contributed by atoms with Crippen molar-refractivity contribution in [2.45, 2.75) is 40.2 Å². The van der Waals surface area contributed by atoms with E-state index >= 15 is 0 Å². The quantitative estimate of drug-likeness (QED) is 0.0971. The molecule has 0 fully saturated rings. The van der Waals surface area contributed by atoms with Gasteiger partial charge >= 0.3 is 11.9 Å². The second-order valence-electron chi connectivity index (χ2n) is 13.9. The number of benzene rings is 2. The summed E-state index contributed by atoms with van der Waals surface area (Å²) < 4.78 is 24.6. The minimum absolute atomic E-state index is 0.0220. The summed E-state index contributed by atoms with van der Waals surface area (Å²) in [4.78, 5) is 40.7. The highest BCUT2D eigenvalue weighted by atomic mass is 16.5. The van der Waals surface area contributed by atoms with E-state index in [0.717, 1.165) is 79.0 Å². The Balaban J connectivity index is 0.000000186. The van der Waals surface area contributed by atoms with Crippen molar-refractivity contribution in [1.82, 2.24) is 39.5 Å². The molecule has 62 heavy (non-hydrogen) atoms. The normalized spacial score (nSPS) is 10.6. The minimum atomic E-state index is -0.365. The number of aryl methyl sites for hydroxylation is 2. The van der Waals surface area contributed by atoms with E-state index in [1.165, 1.54) is 14.2 Å². The predicted octanol–water partition coefficient (Wildman–Crippen LogP) is 8.14. The molecule has 0 radical (unpaired) electrons. The smallest absolute Gasteiger partial charge is 0.327 e. The molecule has 6 heterocycles. The van der Waals surface area contributed by atoms with Crippen molar-refractivity contribution >= 4 is 11.9 Å². The SMILES string of the molecule is COC(=O)Cn1cc(-c2ccncc2)c(-c2ccc(OCc3cccc(C)n3)cc2)n1.COC(=O)Cn1ncc(-c2ccncc2)c1-c1ccc(OCc2cccc(C)n2)cc1. The van der Waals surface area contributed by atoms with Gasteiger partial charge in [0.2, 0.25) is 0 Å². The largest absolute Gasteiger partial charge is 0.487 e. The molecule has 0 spiro atoms. The van der Waals surface area contributed by atoms with Gasteiger partial charge in [-0.2, -0.15) is 10.2 Å². The second kappa shape index (κ2) is 20.3. The van der Waals surface area contributed by atoms with Gasteiger partial charge in [-0.25, -0.2) is 0 Å². The van der Waals surface area contributed by atoms with Gasteiger partial charge in [0, 0.05) is 64.6 Å². The minimum Gasteiger partial charge on any atom is -0.487 e. The van der Waals surface area contributed by atoms with Crippen LogP contribution in [-0.2, 0) is 45.4 Å². The molecule has 0 unspecified atom stereocenters. The van der Waals surface area contributed by atoms with Crippen LogP contribution in [0.1, 0.15) is 22.8 Å². The maximum absolute atomic E-state index is 11.9. The van der Waals surface area contributed by atoms with Crippen LogP contribution >= 0.6 is 0 Å². The van der Waals surface area contributed by atoms with Crippen molar-refractivity contribution in [3.63, 3.8) is 0 Å². The zero-order valence-corrected chi connectivity index (χ0v) is 34.7. The molecule has 312 valence electrons. The summed E-state index contributed by atoms with van der Waals surface area (Å²) in [6, 6.07) is 34.8. The number of nitrogens with zero attached hydrogens (tertiary/aromatic N) is 8. The number of carbonyl (C=O) groups is 2. The topological polar surface area (TPSA) is 158 Å². The van der Waals surface area contributed by atoms with E-state index in [9.17, 15) is 9.59 Å². The van der Waals surface area contributed by atoms with Crippen LogP contribution in [0.4, 0.5) is 0 Å². The van der Waals surface area contributed by atoms with Crippen molar-refractivity contribution < 1.29 is 28.5 Å². The number of hydrogen-bond donors (Lipinski definition) is 0. The number of aromatic nitrogens is 8. The Morgan fingerprint density at radius 1 is 0.565 bits per heavy atom. The molecule has 0 bridgehead atoms. The molecule has 0 N–H and O–H groups in total. The van der Waals surface area contributed by atoms with Crippen LogP contribution in [0.5, 0.6) is 11.5 Å². The monoisotopic (exact) mass is 828 g/mol. The number of hydrogen-bond acceptors (Lipinski definition) is 12. The maximum Gasteiger partial charge on any atom is 0.327 e. The average molecular weight is 829 g/mol. The van der Waals surface area contributed by atoms with Gasteiger partial charge in [-0.1, -0.05) is 12.1 Å². The van der Waals surface area contributed by atoms with Crippen LogP contribution in [0.3, 0.4) is 0 Å². The Hall–Kier alpha value is -8.00. The van der Waals surface area contributed by atoms with Crippen LogP contribution in [0.2, 0.25) is 0 Å². The fourth-order valence-electron chi connectivity index (χ4n) is 6.49. The Morgan fingerprint density at radius 3 is 1.58 bits per heavy atom. The molecule has 0 aliphatic heterocycles. The molecule has 0 saturated heterocycles. The van der Waals surface area contributed by atoms with Gasteiger partial charge in [0.15, 0.2) is 0 Å². The molecule has 2 aromatic carbocycles. The van der Waals surface area contributed by atoms with Crippen LogP contribution in [-0.4, -0.2) is 65.7 Å². The first kappa shape index (κ1) is 42.1. The lowest BCUT2D eigenvalue weighted by Crippen LogP contribution is -2.13. The summed E-state index contributed by atoms with van der Waals surface area (Å²) in [5.74, 6) is 0.753. The Morgan fingerprint density at radius 2 is 1.06 bits per heavy atom. The summed E-state index contributed by atoms with van der Waals surface area (Å²) in [6.07, 6.45) is 10.5. The van der Waals surface area contributed by atoms with E-state index in [2.05, 4.69) is 30.1 Å². The van der Waals surface area contributed by atoms with Crippen LogP contribution in [0.15, 0.2) is 146 Å². The van der Waals surface area contributed by atoms with Crippen molar-refractivity contribution in [3.8, 4) is 56.3 Å². The van der Waals surface area contributed by atoms with Crippen molar-refractivity contribution in [3.05, 3.63) is 169 Å². The molecular weight excluding hydrogens is 785 g/mol. The summed E-state index contributed by atoms with van der Waals surface area (Å²) in [7, 11) is 2.73. The molecule has 0 amide bonds. The summed E-state index contributed by atoms with van der Waals surface area (Å²) in [6.45, 7) is 4.77. The Kier molecular flexibility index (Phi) is 13.8. The highest BCUT2D eigenvalue weighted by Gasteiger charge is 2.18. The molecule has 0 atom stereocenters. The van der Waals surface area contributed by atoms with Gasteiger partial charge in [0.1, 0.15) is 43.5 Å². The number of carbonyl (C=O) groups excluding carboxylic acids is 2. The third-order valence-electron chi connectivity index (χ3n) is 9.53. The molecule has 14 heteroatoms. The fraction of sp³-hybridized carbons (Fsp3) is 0.167. The molecule has 0 aliphatic rings. The predicted molar refractivity (Wildman–Crippen MR) is 232 cm³/mol. The number of rotatable bonds is 14. The average Bonchev–Trinajstić information content (AvgIpc) is 3.93. The lowest BCUT2D eigenvalue weighted by Gasteiger charge is -2.11. The van der Waals surface area contributed by atoms with E-state index < -0.39 is 0 Å². The molecule has 8 rings (SSSR count). The highest BCUT2D eigenvalue weighted by Crippen LogP contribution is 2.34. The molecule has 0 aliphatic carbocycles. The third-order valence-corrected chi connectivity index (χ3v) is 9.53. The molecule has 0 saturated carbocycles. The van der Waals surface area contributed by atoms with Crippen LogP contribution in [0, 0.1) is 13.8 Å². The second-order valence-corrected chi connectivity index (χ2v) is 13.9. The van der Waals surface area contributed by atoms with Gasteiger partial charge < -0.3 is 18.9 Å². The highest BCUT2D eigenvalue weighted by molar-refractivity contribution is 5.83. The van der Waals surface area contributed by atoms with Crippen LogP contribution in [0.25, 0.3) is 44.8 Å². The first-order chi connectivity index (χ1) is 30.3. The summed E-state index contributed by atoms with van der Waals surface area (Å²) >= 11 is 0.